The lowest BCUT2D eigenvalue weighted by Gasteiger charge is -2.20. The topological polar surface area (TPSA) is 38.2 Å². The van der Waals surface area contributed by atoms with Gasteiger partial charge in [-0.2, -0.15) is 4.40 Å². The maximum absolute atomic E-state index is 13.0. The van der Waals surface area contributed by atoms with E-state index in [2.05, 4.69) is 9.55 Å². The Morgan fingerprint density at radius 1 is 1.24 bits per heavy atom. The molecule has 0 atom stereocenters. The smallest absolute Gasteiger partial charge is 0.244 e. The molecule has 0 aliphatic carbocycles. The van der Waals surface area contributed by atoms with Gasteiger partial charge in [0.2, 0.25) is 0 Å². The van der Waals surface area contributed by atoms with Gasteiger partial charge in [-0.05, 0) is 30.1 Å². The molecule has 0 amide bonds. The Balaban J connectivity index is 1.82. The molecule has 3 aromatic rings. The van der Waals surface area contributed by atoms with Crippen molar-refractivity contribution in [1.29, 1.82) is 0 Å². The highest BCUT2D eigenvalue weighted by molar-refractivity contribution is 8.16. The molecule has 4 nitrogen and oxygen atoms in total. The Morgan fingerprint density at radius 2 is 2.08 bits per heavy atom. The third-order valence-electron chi connectivity index (χ3n) is 4.12. The lowest BCUT2D eigenvalue weighted by atomic mass is 10.2. The van der Waals surface area contributed by atoms with Crippen molar-refractivity contribution in [2.75, 3.05) is 11.5 Å². The average molecular weight is 391 g/mol. The Hall–Kier alpha value is -1.50. The lowest BCUT2D eigenvalue weighted by Crippen LogP contribution is -2.42. The SMILES string of the molecule is O=c1c(C2SCCCS2)c[n+](Cc2ccc(Cl)nc2)c2ccccn12. The number of thioether (sulfide) groups is 2. The van der Waals surface area contributed by atoms with Gasteiger partial charge in [0, 0.05) is 17.8 Å². The highest BCUT2D eigenvalue weighted by Gasteiger charge is 2.25. The zero-order valence-corrected chi connectivity index (χ0v) is 15.9. The van der Waals surface area contributed by atoms with E-state index in [0.717, 1.165) is 28.3 Å². The fourth-order valence-electron chi connectivity index (χ4n) is 2.92. The van der Waals surface area contributed by atoms with E-state index in [0.29, 0.717) is 11.7 Å². The van der Waals surface area contributed by atoms with Crippen LogP contribution < -0.4 is 10.1 Å². The number of pyridine rings is 2. The van der Waals surface area contributed by atoms with E-state index < -0.39 is 0 Å². The monoisotopic (exact) mass is 390 g/mol. The summed E-state index contributed by atoms with van der Waals surface area (Å²) in [6.45, 7) is 0.646. The molecule has 4 heterocycles. The molecule has 0 saturated carbocycles. The molecule has 1 aliphatic heterocycles. The minimum Gasteiger partial charge on any atom is -0.244 e. The summed E-state index contributed by atoms with van der Waals surface area (Å²) in [5, 5.41) is 0.485. The molecular formula is C18H17ClN3OS2+. The van der Waals surface area contributed by atoms with Crippen LogP contribution in [0.25, 0.3) is 5.65 Å². The first-order chi connectivity index (χ1) is 12.2. The van der Waals surface area contributed by atoms with Gasteiger partial charge in [-0.25, -0.2) is 14.3 Å². The maximum Gasteiger partial charge on any atom is 0.347 e. The van der Waals surface area contributed by atoms with Crippen molar-refractivity contribution in [3.8, 4) is 0 Å². The number of nitrogens with zero attached hydrogens (tertiary/aromatic N) is 3. The first-order valence-corrected chi connectivity index (χ1v) is 10.6. The number of hydrogen-bond acceptors (Lipinski definition) is 4. The molecule has 7 heteroatoms. The number of halogens is 1. The molecule has 0 radical (unpaired) electrons. The van der Waals surface area contributed by atoms with Crippen molar-refractivity contribution in [2.45, 2.75) is 17.5 Å². The van der Waals surface area contributed by atoms with E-state index in [9.17, 15) is 4.79 Å². The number of rotatable bonds is 3. The standard InChI is InChI=1S/C18H17ClN3OS2/c19-15-6-5-13(10-20-15)11-21-12-14(18-24-8-3-9-25-18)17(23)22-7-2-1-4-16(21)22/h1-2,4-7,10,12,18H,3,8-9,11H2/q+1. The fourth-order valence-corrected chi connectivity index (χ4v) is 5.91. The minimum absolute atomic E-state index is 0.0768. The van der Waals surface area contributed by atoms with Crippen LogP contribution in [0.4, 0.5) is 0 Å². The van der Waals surface area contributed by atoms with Crippen LogP contribution in [0.3, 0.4) is 0 Å². The second kappa shape index (κ2) is 7.40. The molecule has 128 valence electrons. The zero-order chi connectivity index (χ0) is 17.2. The van der Waals surface area contributed by atoms with Crippen molar-refractivity contribution >= 4 is 40.8 Å². The summed E-state index contributed by atoms with van der Waals surface area (Å²) < 4.78 is 4.07. The van der Waals surface area contributed by atoms with Crippen molar-refractivity contribution in [3.63, 3.8) is 0 Å². The summed E-state index contributed by atoms with van der Waals surface area (Å²) in [4.78, 5) is 17.1. The van der Waals surface area contributed by atoms with Crippen LogP contribution in [-0.2, 0) is 6.54 Å². The van der Waals surface area contributed by atoms with E-state index in [4.69, 9.17) is 11.6 Å². The summed E-state index contributed by atoms with van der Waals surface area (Å²) in [6, 6.07) is 9.58. The highest BCUT2D eigenvalue weighted by atomic mass is 35.5. The second-order valence-corrected chi connectivity index (χ2v) is 8.97. The Morgan fingerprint density at radius 3 is 2.84 bits per heavy atom. The van der Waals surface area contributed by atoms with Crippen LogP contribution in [0.15, 0.2) is 53.7 Å². The van der Waals surface area contributed by atoms with Crippen LogP contribution >= 0.6 is 35.1 Å². The minimum atomic E-state index is 0.0768. The molecular weight excluding hydrogens is 374 g/mol. The van der Waals surface area contributed by atoms with E-state index in [1.807, 2.05) is 60.2 Å². The van der Waals surface area contributed by atoms with Gasteiger partial charge in [0.05, 0.1) is 10.8 Å². The van der Waals surface area contributed by atoms with Gasteiger partial charge in [-0.1, -0.05) is 23.7 Å². The van der Waals surface area contributed by atoms with E-state index in [-0.39, 0.29) is 10.1 Å². The zero-order valence-electron chi connectivity index (χ0n) is 13.5. The number of fused-ring (bicyclic) bond motifs is 1. The molecule has 25 heavy (non-hydrogen) atoms. The van der Waals surface area contributed by atoms with Crippen molar-refractivity contribution < 1.29 is 4.57 Å². The number of hydrogen-bond donors (Lipinski definition) is 0. The quantitative estimate of drug-likeness (QED) is 0.506. The normalized spacial score (nSPS) is 15.6. The summed E-state index contributed by atoms with van der Waals surface area (Å²) in [5.41, 5.74) is 2.86. The Labute approximate surface area is 159 Å². The molecule has 1 fully saturated rings. The molecule has 1 saturated heterocycles. The van der Waals surface area contributed by atoms with Crippen LogP contribution in [0.5, 0.6) is 0 Å². The average Bonchev–Trinajstić information content (AvgIpc) is 2.66. The number of aromatic nitrogens is 3. The second-order valence-electron chi connectivity index (χ2n) is 5.86. The summed E-state index contributed by atoms with van der Waals surface area (Å²) in [7, 11) is 0. The van der Waals surface area contributed by atoms with Crippen LogP contribution in [-0.4, -0.2) is 20.9 Å². The van der Waals surface area contributed by atoms with Gasteiger partial charge in [0.1, 0.15) is 23.5 Å². The maximum atomic E-state index is 13.0. The summed E-state index contributed by atoms with van der Waals surface area (Å²) in [6.07, 6.45) is 6.85. The lowest BCUT2D eigenvalue weighted by molar-refractivity contribution is -0.666. The van der Waals surface area contributed by atoms with Crippen LogP contribution in [0.2, 0.25) is 5.15 Å². The largest absolute Gasteiger partial charge is 0.347 e. The van der Waals surface area contributed by atoms with Gasteiger partial charge in [-0.15, -0.1) is 23.5 Å². The highest BCUT2D eigenvalue weighted by Crippen LogP contribution is 2.42. The molecule has 0 aromatic carbocycles. The van der Waals surface area contributed by atoms with E-state index in [1.54, 1.807) is 16.7 Å². The fraction of sp³-hybridized carbons (Fsp3) is 0.278. The Kier molecular flexibility index (Phi) is 5.01. The van der Waals surface area contributed by atoms with Crippen LogP contribution in [0, 0.1) is 0 Å². The molecule has 0 N–H and O–H groups in total. The third-order valence-corrected chi connectivity index (χ3v) is 7.32. The van der Waals surface area contributed by atoms with Crippen molar-refractivity contribution in [2.24, 2.45) is 0 Å². The molecule has 4 rings (SSSR count). The van der Waals surface area contributed by atoms with Crippen molar-refractivity contribution in [1.82, 2.24) is 9.38 Å². The van der Waals surface area contributed by atoms with Gasteiger partial charge < -0.3 is 0 Å². The molecule has 3 aromatic heterocycles. The first kappa shape index (κ1) is 16.9. The van der Waals surface area contributed by atoms with Gasteiger partial charge in [0.25, 0.3) is 5.65 Å². The van der Waals surface area contributed by atoms with E-state index in [1.165, 1.54) is 6.42 Å². The molecule has 0 spiro atoms. The summed E-state index contributed by atoms with van der Waals surface area (Å²) in [5.74, 6) is 2.21. The first-order valence-electron chi connectivity index (χ1n) is 8.10. The molecule has 1 aliphatic rings. The predicted octanol–water partition coefficient (Wildman–Crippen LogP) is 3.55. The van der Waals surface area contributed by atoms with E-state index >= 15 is 0 Å². The van der Waals surface area contributed by atoms with Crippen molar-refractivity contribution in [3.05, 3.63) is 75.6 Å². The summed E-state index contributed by atoms with van der Waals surface area (Å²) >= 11 is 9.61. The third kappa shape index (κ3) is 3.57. The van der Waals surface area contributed by atoms with Crippen LogP contribution in [0.1, 0.15) is 22.1 Å². The van der Waals surface area contributed by atoms with Gasteiger partial charge >= 0.3 is 5.56 Å². The van der Waals surface area contributed by atoms with Gasteiger partial charge in [-0.3, -0.25) is 0 Å². The molecule has 0 bridgehead atoms. The Bertz CT molecular complexity index is 953. The van der Waals surface area contributed by atoms with Gasteiger partial charge in [0.15, 0.2) is 0 Å². The predicted molar refractivity (Wildman–Crippen MR) is 104 cm³/mol. The molecule has 0 unspecified atom stereocenters.